The van der Waals surface area contributed by atoms with E-state index in [1.54, 1.807) is 0 Å². The van der Waals surface area contributed by atoms with Crippen molar-refractivity contribution < 1.29 is 14.4 Å². The molecule has 0 bridgehead atoms. The molecule has 1 aromatic rings. The van der Waals surface area contributed by atoms with Crippen LogP contribution in [0.4, 0.5) is 5.13 Å². The fraction of sp³-hybridized carbons (Fsp3) is 0.615. The molecule has 2 rings (SSSR count). The van der Waals surface area contributed by atoms with E-state index in [1.165, 1.54) is 11.3 Å². The van der Waals surface area contributed by atoms with E-state index < -0.39 is 18.3 Å². The molecule has 0 radical (unpaired) electrons. The standard InChI is InChI=1S/C13H21BN2O3S/c1-8-10(20-11(15)16-8)6-9(7-17)14-18-12(2,3)13(4,5)19-14/h6,17H,7H2,1-5H3,(H2,15,16). The number of hydrogen-bond donors (Lipinski definition) is 2. The Balaban J connectivity index is 2.29. The molecule has 0 aliphatic carbocycles. The van der Waals surface area contributed by atoms with Gasteiger partial charge in [0.05, 0.1) is 28.4 Å². The van der Waals surface area contributed by atoms with Crippen molar-refractivity contribution in [2.24, 2.45) is 0 Å². The topological polar surface area (TPSA) is 77.6 Å². The number of aromatic nitrogens is 1. The molecule has 0 amide bonds. The minimum absolute atomic E-state index is 0.131. The minimum Gasteiger partial charge on any atom is -0.400 e. The SMILES string of the molecule is Cc1nc(N)sc1C=C(CO)B1OC(C)(C)C(C)(C)O1. The van der Waals surface area contributed by atoms with Crippen molar-refractivity contribution >= 4 is 29.7 Å². The average Bonchev–Trinajstić information content (AvgIpc) is 2.72. The number of aliphatic hydroxyl groups is 1. The monoisotopic (exact) mass is 296 g/mol. The van der Waals surface area contributed by atoms with Gasteiger partial charge in [0.1, 0.15) is 0 Å². The normalized spacial score (nSPS) is 21.5. The molecule has 2 heterocycles. The second kappa shape index (κ2) is 5.14. The van der Waals surface area contributed by atoms with Crippen LogP contribution in [0.2, 0.25) is 0 Å². The second-order valence-electron chi connectivity index (χ2n) is 5.97. The van der Waals surface area contributed by atoms with Crippen LogP contribution >= 0.6 is 11.3 Å². The van der Waals surface area contributed by atoms with Crippen molar-refractivity contribution in [3.63, 3.8) is 0 Å². The summed E-state index contributed by atoms with van der Waals surface area (Å²) in [5.74, 6) is 0. The number of thiazole rings is 1. The Bertz CT molecular complexity index is 524. The van der Waals surface area contributed by atoms with Crippen LogP contribution in [-0.4, -0.2) is 35.0 Å². The van der Waals surface area contributed by atoms with Crippen molar-refractivity contribution in [2.45, 2.75) is 45.8 Å². The average molecular weight is 296 g/mol. The van der Waals surface area contributed by atoms with E-state index in [0.29, 0.717) is 10.6 Å². The van der Waals surface area contributed by atoms with E-state index in [0.717, 1.165) is 10.6 Å². The first kappa shape index (κ1) is 15.5. The lowest BCUT2D eigenvalue weighted by Gasteiger charge is -2.32. The van der Waals surface area contributed by atoms with Gasteiger partial charge in [0.15, 0.2) is 5.13 Å². The maximum absolute atomic E-state index is 9.61. The van der Waals surface area contributed by atoms with Gasteiger partial charge in [0.25, 0.3) is 0 Å². The summed E-state index contributed by atoms with van der Waals surface area (Å²) in [5.41, 5.74) is 6.36. The lowest BCUT2D eigenvalue weighted by Crippen LogP contribution is -2.41. The highest BCUT2D eigenvalue weighted by Gasteiger charge is 2.52. The van der Waals surface area contributed by atoms with E-state index >= 15 is 0 Å². The Kier molecular flexibility index (Phi) is 3.99. The van der Waals surface area contributed by atoms with Gasteiger partial charge < -0.3 is 20.1 Å². The van der Waals surface area contributed by atoms with E-state index in [2.05, 4.69) is 4.98 Å². The van der Waals surface area contributed by atoms with Crippen LogP contribution in [0.5, 0.6) is 0 Å². The number of nitrogens with zero attached hydrogens (tertiary/aromatic N) is 1. The molecule has 5 nitrogen and oxygen atoms in total. The zero-order chi connectivity index (χ0) is 15.1. The molecule has 0 spiro atoms. The molecule has 0 saturated carbocycles. The smallest absolute Gasteiger partial charge is 0.400 e. The predicted octanol–water partition coefficient (Wildman–Crippen LogP) is 2.04. The number of nitrogens with two attached hydrogens (primary N) is 1. The number of aliphatic hydroxyl groups excluding tert-OH is 1. The molecule has 3 N–H and O–H groups in total. The van der Waals surface area contributed by atoms with Crippen molar-refractivity contribution in [1.82, 2.24) is 4.98 Å². The maximum Gasteiger partial charge on any atom is 0.492 e. The van der Waals surface area contributed by atoms with Gasteiger partial charge in [-0.15, -0.1) is 0 Å². The number of nitrogen functional groups attached to an aromatic ring is 1. The summed E-state index contributed by atoms with van der Waals surface area (Å²) < 4.78 is 11.9. The zero-order valence-electron chi connectivity index (χ0n) is 12.6. The van der Waals surface area contributed by atoms with Crippen molar-refractivity contribution in [1.29, 1.82) is 0 Å². The van der Waals surface area contributed by atoms with E-state index in [4.69, 9.17) is 15.0 Å². The summed E-state index contributed by atoms with van der Waals surface area (Å²) in [6.07, 6.45) is 1.85. The van der Waals surface area contributed by atoms with Gasteiger partial charge in [0, 0.05) is 0 Å². The summed E-state index contributed by atoms with van der Waals surface area (Å²) in [7, 11) is -0.548. The molecule has 110 valence electrons. The van der Waals surface area contributed by atoms with Gasteiger partial charge >= 0.3 is 7.12 Å². The molecule has 1 aliphatic heterocycles. The highest BCUT2D eigenvalue weighted by atomic mass is 32.1. The third kappa shape index (κ3) is 2.76. The van der Waals surface area contributed by atoms with Gasteiger partial charge in [-0.25, -0.2) is 4.98 Å². The van der Waals surface area contributed by atoms with Crippen molar-refractivity contribution in [3.8, 4) is 0 Å². The van der Waals surface area contributed by atoms with Gasteiger partial charge in [-0.05, 0) is 46.2 Å². The first-order chi connectivity index (χ1) is 9.16. The Morgan fingerprint density at radius 3 is 2.30 bits per heavy atom. The molecule has 1 aromatic heterocycles. The largest absolute Gasteiger partial charge is 0.492 e. The molecular formula is C13H21BN2O3S. The minimum atomic E-state index is -0.548. The Hall–Kier alpha value is -0.885. The number of rotatable bonds is 3. The molecule has 20 heavy (non-hydrogen) atoms. The lowest BCUT2D eigenvalue weighted by atomic mass is 9.78. The summed E-state index contributed by atoms with van der Waals surface area (Å²) in [4.78, 5) is 5.09. The van der Waals surface area contributed by atoms with Gasteiger partial charge in [-0.3, -0.25) is 0 Å². The van der Waals surface area contributed by atoms with Gasteiger partial charge in [-0.2, -0.15) is 0 Å². The summed E-state index contributed by atoms with van der Waals surface area (Å²) in [6.45, 7) is 9.69. The quantitative estimate of drug-likeness (QED) is 0.835. The van der Waals surface area contributed by atoms with E-state index in [9.17, 15) is 5.11 Å². The fourth-order valence-electron chi connectivity index (χ4n) is 1.91. The molecule has 1 aliphatic rings. The van der Waals surface area contributed by atoms with Crippen molar-refractivity contribution in [2.75, 3.05) is 12.3 Å². The first-order valence-electron chi connectivity index (χ1n) is 6.56. The van der Waals surface area contributed by atoms with Crippen LogP contribution in [-0.2, 0) is 9.31 Å². The number of hydrogen-bond acceptors (Lipinski definition) is 6. The van der Waals surface area contributed by atoms with Crippen LogP contribution in [0.3, 0.4) is 0 Å². The first-order valence-corrected chi connectivity index (χ1v) is 7.38. The predicted molar refractivity (Wildman–Crippen MR) is 82.4 cm³/mol. The van der Waals surface area contributed by atoms with Crippen LogP contribution in [0, 0.1) is 6.92 Å². The van der Waals surface area contributed by atoms with E-state index in [-0.39, 0.29) is 6.61 Å². The Morgan fingerprint density at radius 2 is 1.90 bits per heavy atom. The van der Waals surface area contributed by atoms with Gasteiger partial charge in [0.2, 0.25) is 0 Å². The van der Waals surface area contributed by atoms with Crippen LogP contribution in [0.15, 0.2) is 5.47 Å². The molecule has 1 fully saturated rings. The molecule has 0 aromatic carbocycles. The number of aryl methyl sites for hydroxylation is 1. The van der Waals surface area contributed by atoms with Crippen LogP contribution in [0.25, 0.3) is 6.08 Å². The summed E-state index contributed by atoms with van der Waals surface area (Å²) in [5, 5.41) is 10.1. The zero-order valence-corrected chi connectivity index (χ0v) is 13.4. The second-order valence-corrected chi connectivity index (χ2v) is 7.03. The third-order valence-corrected chi connectivity index (χ3v) is 4.84. The molecule has 1 saturated heterocycles. The van der Waals surface area contributed by atoms with Crippen LogP contribution < -0.4 is 5.73 Å². The third-order valence-electron chi connectivity index (χ3n) is 3.90. The molecule has 0 unspecified atom stereocenters. The Labute approximate surface area is 123 Å². The molecule has 0 atom stereocenters. The summed E-state index contributed by atoms with van der Waals surface area (Å²) in [6, 6.07) is 0. The van der Waals surface area contributed by atoms with Crippen LogP contribution in [0.1, 0.15) is 38.3 Å². The van der Waals surface area contributed by atoms with E-state index in [1.807, 2.05) is 40.7 Å². The van der Waals surface area contributed by atoms with Gasteiger partial charge in [-0.1, -0.05) is 11.3 Å². The Morgan fingerprint density at radius 1 is 1.35 bits per heavy atom. The lowest BCUT2D eigenvalue weighted by molar-refractivity contribution is 0.00578. The maximum atomic E-state index is 9.61. The molecule has 7 heteroatoms. The highest BCUT2D eigenvalue weighted by Crippen LogP contribution is 2.39. The highest BCUT2D eigenvalue weighted by molar-refractivity contribution is 7.16. The summed E-state index contributed by atoms with van der Waals surface area (Å²) >= 11 is 1.38. The number of anilines is 1. The molecular weight excluding hydrogens is 275 g/mol. The fourth-order valence-corrected chi connectivity index (χ4v) is 2.73. The van der Waals surface area contributed by atoms with Crippen molar-refractivity contribution in [3.05, 3.63) is 16.0 Å².